The van der Waals surface area contributed by atoms with Crippen LogP contribution in [-0.2, 0) is 33.2 Å². The molecule has 4 aliphatic heterocycles. The van der Waals surface area contributed by atoms with Crippen molar-refractivity contribution in [2.24, 2.45) is 11.8 Å². The molecule has 52 heavy (non-hydrogen) atoms. The first-order chi connectivity index (χ1) is 24.5. The van der Waals surface area contributed by atoms with Crippen LogP contribution in [0.25, 0.3) is 0 Å². The third kappa shape index (κ3) is 8.32. The standard InChI is InChI=1S/C32H54O20/c1-9-20(38)24(42)27(45)30(48-9)47-8-19-23(41)25(43)29(52-31-26(44)22(40)16(37)7-46-31)32(51-19)50-18-6-12-13(34)4-11(33)5-17(12)49-28(18)10-2-14(35)21(39)15(36)3-10/h9-45H,2-8H2,1H3/t9-,10?,11?,12?,13?,14?,15?,16+,17?,18?,19+,20-,21?,22-,23+,24+,25-,26+,27+,28?,29+,30+,31-,32+/m0/s1. The Morgan fingerprint density at radius 3 is 1.90 bits per heavy atom. The Labute approximate surface area is 298 Å². The van der Waals surface area contributed by atoms with Gasteiger partial charge in [0.05, 0.1) is 62.0 Å². The summed E-state index contributed by atoms with van der Waals surface area (Å²) < 4.78 is 41.3. The molecule has 2 aliphatic carbocycles. The summed E-state index contributed by atoms with van der Waals surface area (Å²) >= 11 is 0. The fraction of sp³-hybridized carbons (Fsp3) is 1.00. The summed E-state index contributed by atoms with van der Waals surface area (Å²) in [6, 6.07) is 0. The molecule has 302 valence electrons. The lowest BCUT2D eigenvalue weighted by Crippen LogP contribution is -2.65. The largest absolute Gasteiger partial charge is 0.393 e. The molecule has 2 saturated carbocycles. The summed E-state index contributed by atoms with van der Waals surface area (Å²) in [5.74, 6) is -1.18. The van der Waals surface area contributed by atoms with E-state index in [-0.39, 0.29) is 32.1 Å². The molecule has 22 atom stereocenters. The molecule has 0 aromatic carbocycles. The molecule has 4 saturated heterocycles. The van der Waals surface area contributed by atoms with Gasteiger partial charge >= 0.3 is 0 Å². The Bertz CT molecular complexity index is 1140. The first-order valence-corrected chi connectivity index (χ1v) is 17.9. The van der Waals surface area contributed by atoms with Crippen LogP contribution in [0.15, 0.2) is 0 Å². The van der Waals surface area contributed by atoms with E-state index < -0.39 is 160 Å². The van der Waals surface area contributed by atoms with E-state index in [1.807, 2.05) is 0 Å². The molecule has 0 aromatic rings. The molecule has 0 amide bonds. The van der Waals surface area contributed by atoms with Gasteiger partial charge < -0.3 is 99.5 Å². The van der Waals surface area contributed by atoms with Crippen LogP contribution in [0.4, 0.5) is 0 Å². The van der Waals surface area contributed by atoms with Gasteiger partial charge in [-0.3, -0.25) is 0 Å². The van der Waals surface area contributed by atoms with Gasteiger partial charge in [0.25, 0.3) is 0 Å². The third-order valence-corrected chi connectivity index (χ3v) is 11.5. The van der Waals surface area contributed by atoms with E-state index in [2.05, 4.69) is 0 Å². The van der Waals surface area contributed by atoms with Crippen molar-refractivity contribution in [1.29, 1.82) is 0 Å². The molecule has 0 radical (unpaired) electrons. The van der Waals surface area contributed by atoms with Crippen molar-refractivity contribution in [3.63, 3.8) is 0 Å². The topological polar surface area (TPSA) is 328 Å². The summed E-state index contributed by atoms with van der Waals surface area (Å²) in [5, 5.41) is 137. The van der Waals surface area contributed by atoms with Gasteiger partial charge in [0.1, 0.15) is 67.1 Å². The molecule has 6 rings (SSSR count). The van der Waals surface area contributed by atoms with Crippen LogP contribution in [0.5, 0.6) is 0 Å². The SMILES string of the molecule is C[C@@H]1O[C@@H](OC[C@H]2O[C@@H](OC3CC4C(O)CC(O)CC4OC3C3CC(O)C(O)C(O)C3)[C@H](O[C@@H]3OC[C@@H](O)[C@H](O)[C@H]3O)[C@@H](O)[C@@H]2O)[C@H](O)[C@H](O)[C@H]1O. The molecule has 0 spiro atoms. The third-order valence-electron chi connectivity index (χ3n) is 11.5. The van der Waals surface area contributed by atoms with E-state index in [0.717, 1.165) is 0 Å². The molecule has 0 bridgehead atoms. The average Bonchev–Trinajstić information content (AvgIpc) is 3.10. The van der Waals surface area contributed by atoms with Gasteiger partial charge in [-0.2, -0.15) is 0 Å². The van der Waals surface area contributed by atoms with Gasteiger partial charge in [-0.15, -0.1) is 0 Å². The van der Waals surface area contributed by atoms with E-state index in [4.69, 9.17) is 33.2 Å². The van der Waals surface area contributed by atoms with E-state index in [1.165, 1.54) is 6.92 Å². The smallest absolute Gasteiger partial charge is 0.187 e. The zero-order valence-corrected chi connectivity index (χ0v) is 28.5. The fourth-order valence-electron chi connectivity index (χ4n) is 8.33. The molecule has 8 unspecified atom stereocenters. The molecule has 13 N–H and O–H groups in total. The van der Waals surface area contributed by atoms with Gasteiger partial charge in [0.15, 0.2) is 18.9 Å². The normalized spacial score (nSPS) is 56.2. The van der Waals surface area contributed by atoms with Crippen LogP contribution < -0.4 is 0 Å². The van der Waals surface area contributed by atoms with Crippen molar-refractivity contribution in [3.05, 3.63) is 0 Å². The fourth-order valence-corrected chi connectivity index (χ4v) is 8.33. The molecule has 0 aromatic heterocycles. The maximum absolute atomic E-state index is 11.4. The second kappa shape index (κ2) is 16.7. The lowest BCUT2D eigenvalue weighted by atomic mass is 9.72. The minimum atomic E-state index is -1.87. The number of aliphatic hydroxyl groups excluding tert-OH is 13. The Balaban J connectivity index is 1.26. The second-order valence-electron chi connectivity index (χ2n) is 15.2. The highest BCUT2D eigenvalue weighted by atomic mass is 16.8. The minimum Gasteiger partial charge on any atom is -0.393 e. The predicted octanol–water partition coefficient (Wildman–Crippen LogP) is -6.73. The Hall–Kier alpha value is -0.800. The van der Waals surface area contributed by atoms with Crippen LogP contribution in [0, 0.1) is 11.8 Å². The van der Waals surface area contributed by atoms with E-state index in [9.17, 15) is 66.4 Å². The number of aliphatic hydroxyl groups is 13. The van der Waals surface area contributed by atoms with E-state index in [1.54, 1.807) is 0 Å². The highest BCUT2D eigenvalue weighted by Gasteiger charge is 2.55. The summed E-state index contributed by atoms with van der Waals surface area (Å²) in [6.45, 7) is 0.418. The lowest BCUT2D eigenvalue weighted by molar-refractivity contribution is -0.376. The lowest BCUT2D eigenvalue weighted by Gasteiger charge is -2.52. The van der Waals surface area contributed by atoms with Crippen LogP contribution in [0.2, 0.25) is 0 Å². The number of fused-ring (bicyclic) bond motifs is 1. The summed E-state index contributed by atoms with van der Waals surface area (Å²) in [6.07, 6.45) is -30.4. The first kappa shape index (κ1) is 40.9. The average molecular weight is 759 g/mol. The number of rotatable bonds is 8. The summed E-state index contributed by atoms with van der Waals surface area (Å²) in [7, 11) is 0. The first-order valence-electron chi connectivity index (χ1n) is 17.9. The molecular weight excluding hydrogens is 704 g/mol. The predicted molar refractivity (Wildman–Crippen MR) is 165 cm³/mol. The Morgan fingerprint density at radius 1 is 0.538 bits per heavy atom. The van der Waals surface area contributed by atoms with Crippen molar-refractivity contribution < 1.29 is 99.5 Å². The van der Waals surface area contributed by atoms with Crippen LogP contribution >= 0.6 is 0 Å². The molecule has 20 heteroatoms. The maximum atomic E-state index is 11.4. The minimum absolute atomic E-state index is 0.0144. The molecular formula is C32H54O20. The van der Waals surface area contributed by atoms with E-state index >= 15 is 0 Å². The Kier molecular flexibility index (Phi) is 13.2. The summed E-state index contributed by atoms with van der Waals surface area (Å²) in [4.78, 5) is 0. The molecule has 20 nitrogen and oxygen atoms in total. The van der Waals surface area contributed by atoms with Crippen molar-refractivity contribution in [3.8, 4) is 0 Å². The molecule has 4 heterocycles. The second-order valence-corrected chi connectivity index (χ2v) is 15.2. The summed E-state index contributed by atoms with van der Waals surface area (Å²) in [5.41, 5.74) is 0. The van der Waals surface area contributed by atoms with Crippen LogP contribution in [0.3, 0.4) is 0 Å². The van der Waals surface area contributed by atoms with Crippen molar-refractivity contribution >= 4 is 0 Å². The quantitative estimate of drug-likeness (QED) is 0.109. The monoisotopic (exact) mass is 758 g/mol. The number of hydrogen-bond acceptors (Lipinski definition) is 20. The Morgan fingerprint density at radius 2 is 1.21 bits per heavy atom. The van der Waals surface area contributed by atoms with Gasteiger partial charge in [-0.25, -0.2) is 0 Å². The highest BCUT2D eigenvalue weighted by molar-refractivity contribution is 5.01. The zero-order valence-electron chi connectivity index (χ0n) is 28.5. The van der Waals surface area contributed by atoms with Crippen molar-refractivity contribution in [1.82, 2.24) is 0 Å². The van der Waals surface area contributed by atoms with Crippen molar-refractivity contribution in [2.45, 2.75) is 174 Å². The highest BCUT2D eigenvalue weighted by Crippen LogP contribution is 2.44. The van der Waals surface area contributed by atoms with Crippen LogP contribution in [-0.4, -0.2) is 214 Å². The van der Waals surface area contributed by atoms with E-state index in [0.29, 0.717) is 0 Å². The molecule has 6 aliphatic rings. The number of hydrogen-bond donors (Lipinski definition) is 13. The molecule has 6 fully saturated rings. The number of ether oxygens (including phenoxy) is 7. The van der Waals surface area contributed by atoms with Crippen molar-refractivity contribution in [2.75, 3.05) is 13.2 Å². The van der Waals surface area contributed by atoms with Gasteiger partial charge in [0.2, 0.25) is 0 Å². The van der Waals surface area contributed by atoms with Crippen LogP contribution in [0.1, 0.15) is 39.0 Å². The maximum Gasteiger partial charge on any atom is 0.187 e. The van der Waals surface area contributed by atoms with Gasteiger partial charge in [0, 0.05) is 5.92 Å². The zero-order chi connectivity index (χ0) is 37.8. The van der Waals surface area contributed by atoms with Gasteiger partial charge in [-0.05, 0) is 44.9 Å². The van der Waals surface area contributed by atoms with Gasteiger partial charge in [-0.1, -0.05) is 0 Å².